The molecular weight excluding hydrogens is 536 g/mol. The van der Waals surface area contributed by atoms with Crippen molar-refractivity contribution in [2.24, 2.45) is 0 Å². The van der Waals surface area contributed by atoms with Crippen LogP contribution >= 0.6 is 0 Å². The number of anilines is 1. The second kappa shape index (κ2) is 10.2. The number of aromatic nitrogens is 3. The molecule has 5 aromatic rings. The lowest BCUT2D eigenvalue weighted by Gasteiger charge is -2.19. The standard InChI is InChI=1S/C33H27F2N5O2/c1-3-24-27(34)10-7-19-12-23(41)13-25(29(19)24)31-30(35)28-18(2)33(42-17-20-6-4-5-11-36-20)39-32(26(28)15-37-31)38-14-21-8-9-22-16-40(21)22/h1,4-7,10-13,15,21-22,41H,8-9,14,16-17H2,2H3,(H,38,39). The molecule has 0 bridgehead atoms. The van der Waals surface area contributed by atoms with Crippen molar-refractivity contribution in [3.63, 3.8) is 0 Å². The van der Waals surface area contributed by atoms with Crippen LogP contribution < -0.4 is 10.1 Å². The summed E-state index contributed by atoms with van der Waals surface area (Å²) in [6.07, 6.45) is 11.2. The molecule has 9 heteroatoms. The number of aromatic hydroxyl groups is 1. The van der Waals surface area contributed by atoms with Crippen LogP contribution in [0.3, 0.4) is 0 Å². The van der Waals surface area contributed by atoms with Gasteiger partial charge in [-0.05, 0) is 55.5 Å². The van der Waals surface area contributed by atoms with E-state index in [0.717, 1.165) is 13.0 Å². The van der Waals surface area contributed by atoms with Crippen molar-refractivity contribution in [2.45, 2.75) is 38.5 Å². The van der Waals surface area contributed by atoms with Crippen molar-refractivity contribution >= 4 is 27.4 Å². The molecule has 2 saturated heterocycles. The van der Waals surface area contributed by atoms with E-state index in [0.29, 0.717) is 51.9 Å². The van der Waals surface area contributed by atoms with Crippen LogP contribution in [0, 0.1) is 30.9 Å². The topological polar surface area (TPSA) is 83.2 Å². The molecular formula is C33H27F2N5O2. The number of piperidine rings is 1. The molecule has 2 N–H and O–H groups in total. The molecule has 3 aromatic heterocycles. The van der Waals surface area contributed by atoms with Gasteiger partial charge in [0.15, 0.2) is 5.82 Å². The highest BCUT2D eigenvalue weighted by Gasteiger charge is 2.44. The van der Waals surface area contributed by atoms with E-state index in [9.17, 15) is 9.50 Å². The highest BCUT2D eigenvalue weighted by atomic mass is 19.1. The second-order valence-corrected chi connectivity index (χ2v) is 10.8. The van der Waals surface area contributed by atoms with E-state index in [1.165, 1.54) is 30.7 Å². The molecule has 3 atom stereocenters. The molecule has 2 fully saturated rings. The highest BCUT2D eigenvalue weighted by Crippen LogP contribution is 2.41. The number of hydrogen-bond acceptors (Lipinski definition) is 7. The van der Waals surface area contributed by atoms with Crippen LogP contribution in [0.2, 0.25) is 0 Å². The van der Waals surface area contributed by atoms with Gasteiger partial charge >= 0.3 is 0 Å². The van der Waals surface area contributed by atoms with Crippen molar-refractivity contribution in [2.75, 3.05) is 18.4 Å². The number of benzene rings is 2. The van der Waals surface area contributed by atoms with Crippen LogP contribution in [0.15, 0.2) is 54.9 Å². The van der Waals surface area contributed by atoms with Gasteiger partial charge in [0.2, 0.25) is 5.88 Å². The maximum atomic E-state index is 16.7. The zero-order valence-electron chi connectivity index (χ0n) is 22.9. The average Bonchev–Trinajstić information content (AvgIpc) is 3.67. The largest absolute Gasteiger partial charge is 0.508 e. The third kappa shape index (κ3) is 4.45. The molecule has 0 radical (unpaired) electrons. The Kier molecular flexibility index (Phi) is 6.36. The number of nitrogens with one attached hydrogen (secondary N) is 1. The number of phenols is 1. The van der Waals surface area contributed by atoms with Crippen LogP contribution in [0.25, 0.3) is 32.8 Å². The lowest BCUT2D eigenvalue weighted by atomic mass is 9.95. The lowest BCUT2D eigenvalue weighted by Crippen LogP contribution is -2.25. The monoisotopic (exact) mass is 563 g/mol. The number of rotatable bonds is 7. The Morgan fingerprint density at radius 2 is 2.02 bits per heavy atom. The average molecular weight is 564 g/mol. The van der Waals surface area contributed by atoms with Gasteiger partial charge in [-0.2, -0.15) is 4.98 Å². The Bertz CT molecular complexity index is 1910. The Labute approximate surface area is 241 Å². The Morgan fingerprint density at radius 3 is 2.76 bits per heavy atom. The Morgan fingerprint density at radius 1 is 1.14 bits per heavy atom. The predicted octanol–water partition coefficient (Wildman–Crippen LogP) is 5.96. The minimum absolute atomic E-state index is 0.0260. The van der Waals surface area contributed by atoms with Crippen molar-refractivity contribution in [1.29, 1.82) is 0 Å². The van der Waals surface area contributed by atoms with Gasteiger partial charge in [0.1, 0.15) is 29.7 Å². The van der Waals surface area contributed by atoms with E-state index < -0.39 is 11.6 Å². The van der Waals surface area contributed by atoms with Crippen molar-refractivity contribution in [1.82, 2.24) is 19.9 Å². The van der Waals surface area contributed by atoms with E-state index in [4.69, 9.17) is 16.1 Å². The van der Waals surface area contributed by atoms with E-state index in [1.807, 2.05) is 18.2 Å². The van der Waals surface area contributed by atoms with Gasteiger partial charge in [0.05, 0.1) is 11.3 Å². The van der Waals surface area contributed by atoms with Crippen molar-refractivity contribution in [3.8, 4) is 35.2 Å². The number of pyridine rings is 3. The normalized spacial score (nSPS) is 19.0. The number of fused-ring (bicyclic) bond motifs is 3. The fourth-order valence-corrected chi connectivity index (χ4v) is 6.11. The summed E-state index contributed by atoms with van der Waals surface area (Å²) in [5.41, 5.74) is 1.29. The third-order valence-electron chi connectivity index (χ3n) is 8.28. The molecule has 7 rings (SSSR count). The second-order valence-electron chi connectivity index (χ2n) is 10.8. The quantitative estimate of drug-likeness (QED) is 0.187. The molecule has 2 aliphatic rings. The summed E-state index contributed by atoms with van der Waals surface area (Å²) in [5.74, 6) is 1.72. The predicted molar refractivity (Wildman–Crippen MR) is 157 cm³/mol. The van der Waals surface area contributed by atoms with Crippen LogP contribution in [0.4, 0.5) is 14.6 Å². The molecule has 0 amide bonds. The zero-order valence-corrected chi connectivity index (χ0v) is 22.9. The molecule has 3 unspecified atom stereocenters. The van der Waals surface area contributed by atoms with Gasteiger partial charge < -0.3 is 15.2 Å². The van der Waals surface area contributed by atoms with Crippen molar-refractivity contribution < 1.29 is 18.6 Å². The van der Waals surface area contributed by atoms with Gasteiger partial charge in [0, 0.05) is 64.9 Å². The Hall–Kier alpha value is -4.81. The van der Waals surface area contributed by atoms with E-state index in [-0.39, 0.29) is 40.4 Å². The first-order valence-electron chi connectivity index (χ1n) is 13.9. The fraction of sp³-hybridized carbons (Fsp3) is 0.242. The maximum Gasteiger partial charge on any atom is 0.219 e. The molecule has 2 aromatic carbocycles. The first kappa shape index (κ1) is 26.1. The summed E-state index contributed by atoms with van der Waals surface area (Å²) in [6, 6.07) is 12.1. The lowest BCUT2D eigenvalue weighted by molar-refractivity contribution is 0.288. The molecule has 0 aliphatic carbocycles. The van der Waals surface area contributed by atoms with Gasteiger partial charge in [-0.25, -0.2) is 8.78 Å². The number of hydrogen-bond donors (Lipinski definition) is 2. The van der Waals surface area contributed by atoms with Gasteiger partial charge in [-0.15, -0.1) is 6.42 Å². The summed E-state index contributed by atoms with van der Waals surface area (Å²) in [4.78, 5) is 16.0. The maximum absolute atomic E-state index is 16.7. The third-order valence-corrected chi connectivity index (χ3v) is 8.28. The molecule has 7 nitrogen and oxygen atoms in total. The molecule has 0 spiro atoms. The number of aryl methyl sites for hydroxylation is 1. The number of nitrogens with zero attached hydrogens (tertiary/aromatic N) is 4. The molecule has 0 saturated carbocycles. The van der Waals surface area contributed by atoms with E-state index >= 15 is 4.39 Å². The van der Waals surface area contributed by atoms with Gasteiger partial charge in [-0.1, -0.05) is 18.1 Å². The van der Waals surface area contributed by atoms with E-state index in [2.05, 4.69) is 26.1 Å². The minimum atomic E-state index is -0.649. The first-order valence-corrected chi connectivity index (χ1v) is 13.9. The summed E-state index contributed by atoms with van der Waals surface area (Å²) in [7, 11) is 0. The van der Waals surface area contributed by atoms with Gasteiger partial charge in [-0.3, -0.25) is 14.9 Å². The van der Waals surface area contributed by atoms with Crippen LogP contribution in [-0.4, -0.2) is 50.1 Å². The number of ether oxygens (including phenoxy) is 1. The number of halogens is 2. The smallest absolute Gasteiger partial charge is 0.219 e. The van der Waals surface area contributed by atoms with Crippen LogP contribution in [-0.2, 0) is 6.61 Å². The first-order chi connectivity index (χ1) is 20.4. The summed E-state index contributed by atoms with van der Waals surface area (Å²) < 4.78 is 37.6. The Balaban J connectivity index is 1.38. The van der Waals surface area contributed by atoms with E-state index in [1.54, 1.807) is 19.3 Å². The SMILES string of the molecule is C#Cc1c(F)ccc2cc(O)cc(-c3ncc4c(NCC5CCC6CN56)nc(OCc5ccccn5)c(C)c4c3F)c12. The summed E-state index contributed by atoms with van der Waals surface area (Å²) in [5, 5.41) is 15.4. The molecule has 5 heterocycles. The molecule has 42 heavy (non-hydrogen) atoms. The number of terminal acetylenes is 1. The van der Waals surface area contributed by atoms with Gasteiger partial charge in [0.25, 0.3) is 0 Å². The summed E-state index contributed by atoms with van der Waals surface area (Å²) >= 11 is 0. The zero-order chi connectivity index (χ0) is 29.0. The molecule has 210 valence electrons. The molecule has 2 aliphatic heterocycles. The summed E-state index contributed by atoms with van der Waals surface area (Å²) in [6.45, 7) is 3.67. The van der Waals surface area contributed by atoms with Crippen LogP contribution in [0.5, 0.6) is 11.6 Å². The fourth-order valence-electron chi connectivity index (χ4n) is 6.11. The number of phenolic OH excluding ortho intramolecular Hbond substituents is 1. The van der Waals surface area contributed by atoms with Crippen LogP contribution in [0.1, 0.15) is 29.7 Å². The van der Waals surface area contributed by atoms with Crippen molar-refractivity contribution in [3.05, 3.63) is 83.3 Å². The minimum Gasteiger partial charge on any atom is -0.508 e. The highest BCUT2D eigenvalue weighted by molar-refractivity contribution is 6.04.